The van der Waals surface area contributed by atoms with Gasteiger partial charge in [0.15, 0.2) is 11.5 Å². The first kappa shape index (κ1) is 17.1. The van der Waals surface area contributed by atoms with Gasteiger partial charge in [0.2, 0.25) is 5.91 Å². The lowest BCUT2D eigenvalue weighted by molar-refractivity contribution is -0.115. The number of rotatable bonds is 4. The van der Waals surface area contributed by atoms with E-state index in [0.717, 1.165) is 5.56 Å². The van der Waals surface area contributed by atoms with Crippen LogP contribution in [0.1, 0.15) is 15.9 Å². The molecule has 2 N–H and O–H groups in total. The normalized spacial score (nSPS) is 12.4. The Labute approximate surface area is 150 Å². The molecule has 2 amide bonds. The fourth-order valence-corrected chi connectivity index (χ4v) is 2.56. The Morgan fingerprint density at radius 3 is 2.68 bits per heavy atom. The highest BCUT2D eigenvalue weighted by atomic mass is 35.5. The molecule has 25 heavy (non-hydrogen) atoms. The van der Waals surface area contributed by atoms with Crippen molar-refractivity contribution in [1.82, 2.24) is 5.32 Å². The first-order chi connectivity index (χ1) is 12.0. The van der Waals surface area contributed by atoms with Gasteiger partial charge in [0, 0.05) is 16.3 Å². The van der Waals surface area contributed by atoms with Crippen molar-refractivity contribution >= 4 is 29.1 Å². The molecule has 0 unspecified atom stereocenters. The van der Waals surface area contributed by atoms with E-state index in [-0.39, 0.29) is 18.4 Å². The quantitative estimate of drug-likeness (QED) is 0.879. The van der Waals surface area contributed by atoms with Crippen molar-refractivity contribution in [2.45, 2.75) is 6.92 Å². The number of hydrogen-bond donors (Lipinski definition) is 2. The maximum absolute atomic E-state index is 12.2. The molecule has 7 heteroatoms. The van der Waals surface area contributed by atoms with Crippen molar-refractivity contribution in [3.63, 3.8) is 0 Å². The van der Waals surface area contributed by atoms with Crippen LogP contribution in [0.25, 0.3) is 0 Å². The maximum atomic E-state index is 12.2. The van der Waals surface area contributed by atoms with Crippen molar-refractivity contribution in [1.29, 1.82) is 0 Å². The average Bonchev–Trinajstić information content (AvgIpc) is 2.63. The van der Waals surface area contributed by atoms with Crippen molar-refractivity contribution in [2.24, 2.45) is 0 Å². The summed E-state index contributed by atoms with van der Waals surface area (Å²) >= 11 is 6.02. The molecule has 0 spiro atoms. The number of fused-ring (bicyclic) bond motifs is 1. The van der Waals surface area contributed by atoms with Gasteiger partial charge in [0.1, 0.15) is 13.2 Å². The van der Waals surface area contributed by atoms with E-state index in [1.54, 1.807) is 36.4 Å². The third-order valence-electron chi connectivity index (χ3n) is 3.76. The summed E-state index contributed by atoms with van der Waals surface area (Å²) in [5.41, 5.74) is 1.79. The summed E-state index contributed by atoms with van der Waals surface area (Å²) in [7, 11) is 0. The Morgan fingerprint density at radius 1 is 1.12 bits per heavy atom. The molecular weight excluding hydrogens is 344 g/mol. The molecule has 0 aliphatic carbocycles. The Balaban J connectivity index is 1.58. The van der Waals surface area contributed by atoms with Crippen molar-refractivity contribution in [3.05, 3.63) is 52.5 Å². The second-order valence-corrected chi connectivity index (χ2v) is 5.91. The number of halogens is 1. The van der Waals surface area contributed by atoms with Gasteiger partial charge in [-0.2, -0.15) is 0 Å². The molecule has 2 aromatic rings. The summed E-state index contributed by atoms with van der Waals surface area (Å²) in [6.45, 7) is 2.59. The summed E-state index contributed by atoms with van der Waals surface area (Å²) in [4.78, 5) is 24.2. The Hall–Kier alpha value is -2.73. The molecule has 0 saturated carbocycles. The SMILES string of the molecule is Cc1c(Cl)cccc1NC(=O)CNC(=O)c1ccc2c(c1)OCCO2. The van der Waals surface area contributed by atoms with Crippen LogP contribution >= 0.6 is 11.6 Å². The van der Waals surface area contributed by atoms with Gasteiger partial charge < -0.3 is 20.1 Å². The van der Waals surface area contributed by atoms with Crippen LogP contribution in [0.5, 0.6) is 11.5 Å². The van der Waals surface area contributed by atoms with Gasteiger partial charge in [-0.1, -0.05) is 17.7 Å². The highest BCUT2D eigenvalue weighted by Gasteiger charge is 2.15. The van der Waals surface area contributed by atoms with Crippen molar-refractivity contribution in [3.8, 4) is 11.5 Å². The van der Waals surface area contributed by atoms with Gasteiger partial charge >= 0.3 is 0 Å². The van der Waals surface area contributed by atoms with Gasteiger partial charge in [-0.25, -0.2) is 0 Å². The number of carbonyl (C=O) groups excluding carboxylic acids is 2. The van der Waals surface area contributed by atoms with Crippen LogP contribution in [-0.4, -0.2) is 31.6 Å². The van der Waals surface area contributed by atoms with E-state index in [9.17, 15) is 9.59 Å². The van der Waals surface area contributed by atoms with Crippen LogP contribution in [0.3, 0.4) is 0 Å². The molecule has 3 rings (SSSR count). The molecule has 1 aliphatic rings. The number of nitrogens with one attached hydrogen (secondary N) is 2. The van der Waals surface area contributed by atoms with Gasteiger partial charge in [-0.15, -0.1) is 0 Å². The largest absolute Gasteiger partial charge is 0.486 e. The molecule has 6 nitrogen and oxygen atoms in total. The van der Waals surface area contributed by atoms with Crippen molar-refractivity contribution in [2.75, 3.05) is 25.1 Å². The Bertz CT molecular complexity index is 823. The fraction of sp³-hybridized carbons (Fsp3) is 0.222. The molecule has 0 radical (unpaired) electrons. The molecule has 130 valence electrons. The molecule has 0 aromatic heterocycles. The monoisotopic (exact) mass is 360 g/mol. The minimum atomic E-state index is -0.366. The van der Waals surface area contributed by atoms with Crippen LogP contribution in [-0.2, 0) is 4.79 Å². The standard InChI is InChI=1S/C18H17ClN2O4/c1-11-13(19)3-2-4-14(11)21-17(22)10-20-18(23)12-5-6-15-16(9-12)25-8-7-24-15/h2-6,9H,7-8,10H2,1H3,(H,20,23)(H,21,22). The number of anilines is 1. The lowest BCUT2D eigenvalue weighted by atomic mass is 10.2. The Morgan fingerprint density at radius 2 is 1.88 bits per heavy atom. The molecule has 0 fully saturated rings. The minimum Gasteiger partial charge on any atom is -0.486 e. The number of amides is 2. The molecule has 1 aliphatic heterocycles. The van der Waals surface area contributed by atoms with Crippen LogP contribution in [0.2, 0.25) is 5.02 Å². The summed E-state index contributed by atoms with van der Waals surface area (Å²) in [6, 6.07) is 10.2. The summed E-state index contributed by atoms with van der Waals surface area (Å²) in [5, 5.41) is 5.87. The summed E-state index contributed by atoms with van der Waals surface area (Å²) in [5.74, 6) is 0.432. The highest BCUT2D eigenvalue weighted by Crippen LogP contribution is 2.30. The first-order valence-electron chi connectivity index (χ1n) is 7.77. The lowest BCUT2D eigenvalue weighted by Crippen LogP contribution is -2.33. The van der Waals surface area contributed by atoms with Gasteiger partial charge in [0.05, 0.1) is 6.54 Å². The zero-order valence-corrected chi connectivity index (χ0v) is 14.4. The van der Waals surface area contributed by atoms with E-state index >= 15 is 0 Å². The second-order valence-electron chi connectivity index (χ2n) is 5.50. The molecule has 0 bridgehead atoms. The number of benzene rings is 2. The van der Waals surface area contributed by atoms with E-state index in [1.807, 2.05) is 6.92 Å². The van der Waals surface area contributed by atoms with E-state index in [1.165, 1.54) is 0 Å². The van der Waals surface area contributed by atoms with Crippen LogP contribution < -0.4 is 20.1 Å². The Kier molecular flexibility index (Phi) is 5.09. The fourth-order valence-electron chi connectivity index (χ4n) is 2.38. The zero-order chi connectivity index (χ0) is 17.8. The van der Waals surface area contributed by atoms with Crippen LogP contribution in [0.15, 0.2) is 36.4 Å². The van der Waals surface area contributed by atoms with Gasteiger partial charge in [-0.3, -0.25) is 9.59 Å². The lowest BCUT2D eigenvalue weighted by Gasteiger charge is -2.18. The van der Waals surface area contributed by atoms with Crippen molar-refractivity contribution < 1.29 is 19.1 Å². The molecular formula is C18H17ClN2O4. The van der Waals surface area contributed by atoms with E-state index in [0.29, 0.717) is 41.0 Å². The maximum Gasteiger partial charge on any atom is 0.251 e. The topological polar surface area (TPSA) is 76.7 Å². The van der Waals surface area contributed by atoms with Gasteiger partial charge in [0.25, 0.3) is 5.91 Å². The van der Waals surface area contributed by atoms with Crippen LogP contribution in [0, 0.1) is 6.92 Å². The third kappa shape index (κ3) is 4.03. The number of hydrogen-bond acceptors (Lipinski definition) is 4. The zero-order valence-electron chi connectivity index (χ0n) is 13.6. The van der Waals surface area contributed by atoms with E-state index in [2.05, 4.69) is 10.6 Å². The number of carbonyl (C=O) groups is 2. The smallest absolute Gasteiger partial charge is 0.251 e. The first-order valence-corrected chi connectivity index (χ1v) is 8.15. The predicted molar refractivity (Wildman–Crippen MR) is 94.6 cm³/mol. The predicted octanol–water partition coefficient (Wildman–Crippen LogP) is 2.79. The second kappa shape index (κ2) is 7.44. The van der Waals surface area contributed by atoms with Crippen LogP contribution in [0.4, 0.5) is 5.69 Å². The molecule has 1 heterocycles. The highest BCUT2D eigenvalue weighted by molar-refractivity contribution is 6.31. The summed E-state index contributed by atoms with van der Waals surface area (Å²) < 4.78 is 10.9. The summed E-state index contributed by atoms with van der Waals surface area (Å²) in [6.07, 6.45) is 0. The molecule has 2 aromatic carbocycles. The third-order valence-corrected chi connectivity index (χ3v) is 4.17. The van der Waals surface area contributed by atoms with Gasteiger partial charge in [-0.05, 0) is 42.8 Å². The molecule has 0 saturated heterocycles. The minimum absolute atomic E-state index is 0.154. The molecule has 0 atom stereocenters. The number of ether oxygens (including phenoxy) is 2. The van der Waals surface area contributed by atoms with E-state index in [4.69, 9.17) is 21.1 Å². The average molecular weight is 361 g/mol. The van der Waals surface area contributed by atoms with E-state index < -0.39 is 0 Å².